The maximum Gasteiger partial charge on any atom is 0.308 e. The van der Waals surface area contributed by atoms with Gasteiger partial charge in [-0.2, -0.15) is 0 Å². The molecular weight excluding hydrogens is 308 g/mol. The van der Waals surface area contributed by atoms with Crippen LogP contribution in [0.1, 0.15) is 18.4 Å². The smallest absolute Gasteiger partial charge is 0.308 e. The first kappa shape index (κ1) is 18.3. The Kier molecular flexibility index (Phi) is 6.61. The Morgan fingerprint density at radius 2 is 1.79 bits per heavy atom. The molecule has 24 heavy (non-hydrogen) atoms. The zero-order valence-electron chi connectivity index (χ0n) is 14.7. The van der Waals surface area contributed by atoms with Crippen LogP contribution >= 0.6 is 0 Å². The molecule has 0 saturated carbocycles. The van der Waals surface area contributed by atoms with Crippen molar-refractivity contribution < 1.29 is 19.1 Å². The Labute approximate surface area is 143 Å². The molecule has 6 heteroatoms. The minimum atomic E-state index is -0.141. The second-order valence-electron chi connectivity index (χ2n) is 6.17. The average Bonchev–Trinajstić information content (AvgIpc) is 2.62. The lowest BCUT2D eigenvalue weighted by Crippen LogP contribution is -2.43. The van der Waals surface area contributed by atoms with Crippen LogP contribution in [-0.4, -0.2) is 62.6 Å². The van der Waals surface area contributed by atoms with Crippen molar-refractivity contribution in [1.29, 1.82) is 0 Å². The maximum absolute atomic E-state index is 12.4. The molecule has 0 radical (unpaired) electrons. The molecule has 0 aliphatic carbocycles. The first-order chi connectivity index (χ1) is 11.5. The predicted octanol–water partition coefficient (Wildman–Crippen LogP) is 1.54. The molecule has 1 heterocycles. The molecule has 2 rings (SSSR count). The molecule has 1 aliphatic rings. The summed E-state index contributed by atoms with van der Waals surface area (Å²) in [4.78, 5) is 27.7. The predicted molar refractivity (Wildman–Crippen MR) is 90.6 cm³/mol. The number of piperidine rings is 1. The normalized spacial score (nSPS) is 15.8. The molecular formula is C18H26N2O4. The van der Waals surface area contributed by atoms with Gasteiger partial charge in [0, 0.05) is 13.6 Å². The van der Waals surface area contributed by atoms with Crippen molar-refractivity contribution in [2.45, 2.75) is 19.4 Å². The van der Waals surface area contributed by atoms with Crippen molar-refractivity contribution >= 4 is 11.9 Å². The van der Waals surface area contributed by atoms with E-state index in [1.807, 2.05) is 31.3 Å². The summed E-state index contributed by atoms with van der Waals surface area (Å²) >= 11 is 0. The molecule has 0 spiro atoms. The van der Waals surface area contributed by atoms with Gasteiger partial charge in [0.15, 0.2) is 0 Å². The van der Waals surface area contributed by atoms with E-state index in [-0.39, 0.29) is 17.8 Å². The molecule has 0 N–H and O–H groups in total. The van der Waals surface area contributed by atoms with Gasteiger partial charge < -0.3 is 14.4 Å². The van der Waals surface area contributed by atoms with Crippen LogP contribution in [0, 0.1) is 5.92 Å². The fourth-order valence-corrected chi connectivity index (χ4v) is 2.90. The number of benzene rings is 1. The summed E-state index contributed by atoms with van der Waals surface area (Å²) < 4.78 is 9.92. The number of hydrogen-bond acceptors (Lipinski definition) is 5. The van der Waals surface area contributed by atoms with Gasteiger partial charge in [0.05, 0.1) is 26.7 Å². The Hall–Kier alpha value is -2.08. The van der Waals surface area contributed by atoms with Crippen LogP contribution < -0.4 is 4.74 Å². The van der Waals surface area contributed by atoms with Gasteiger partial charge in [-0.1, -0.05) is 12.1 Å². The Balaban J connectivity index is 1.78. The number of amides is 1. The zero-order valence-corrected chi connectivity index (χ0v) is 14.7. The number of hydrogen-bond donors (Lipinski definition) is 0. The Morgan fingerprint density at radius 3 is 2.33 bits per heavy atom. The van der Waals surface area contributed by atoms with Gasteiger partial charge in [0.25, 0.3) is 0 Å². The van der Waals surface area contributed by atoms with Gasteiger partial charge in [-0.3, -0.25) is 14.5 Å². The van der Waals surface area contributed by atoms with Crippen LogP contribution in [0.4, 0.5) is 0 Å². The Morgan fingerprint density at radius 1 is 1.17 bits per heavy atom. The monoisotopic (exact) mass is 334 g/mol. The average molecular weight is 334 g/mol. The molecule has 1 aliphatic heterocycles. The van der Waals surface area contributed by atoms with Gasteiger partial charge in [-0.05, 0) is 43.6 Å². The first-order valence-electron chi connectivity index (χ1n) is 8.20. The van der Waals surface area contributed by atoms with Crippen LogP contribution in [0.25, 0.3) is 0 Å². The van der Waals surface area contributed by atoms with Crippen LogP contribution in [0.2, 0.25) is 0 Å². The lowest BCUT2D eigenvalue weighted by Gasteiger charge is -2.31. The number of rotatable bonds is 6. The van der Waals surface area contributed by atoms with Gasteiger partial charge in [-0.15, -0.1) is 0 Å². The molecule has 1 aromatic carbocycles. The SMILES string of the molecule is COC(=O)C1CCN(CC(=O)N(C)Cc2ccc(OC)cc2)CC1. The molecule has 0 aromatic heterocycles. The molecule has 0 bridgehead atoms. The van der Waals surface area contributed by atoms with Gasteiger partial charge in [0.2, 0.25) is 5.91 Å². The lowest BCUT2D eigenvalue weighted by molar-refractivity contribution is -0.147. The summed E-state index contributed by atoms with van der Waals surface area (Å²) in [6.07, 6.45) is 1.50. The van der Waals surface area contributed by atoms with E-state index < -0.39 is 0 Å². The molecule has 1 fully saturated rings. The Bertz CT molecular complexity index is 551. The minimum Gasteiger partial charge on any atom is -0.497 e. The summed E-state index contributed by atoms with van der Waals surface area (Å²) in [5, 5.41) is 0. The second-order valence-corrected chi connectivity index (χ2v) is 6.17. The molecule has 0 atom stereocenters. The molecule has 1 aromatic rings. The number of carbonyl (C=O) groups is 2. The van der Waals surface area contributed by atoms with Crippen molar-refractivity contribution in [2.75, 3.05) is 40.9 Å². The molecule has 0 unspecified atom stereocenters. The third-order valence-corrected chi connectivity index (χ3v) is 4.49. The molecule has 132 valence electrons. The first-order valence-corrected chi connectivity index (χ1v) is 8.20. The number of methoxy groups -OCH3 is 2. The van der Waals surface area contributed by atoms with Crippen molar-refractivity contribution in [3.8, 4) is 5.75 Å². The number of likely N-dealkylation sites (tertiary alicyclic amines) is 1. The maximum atomic E-state index is 12.4. The highest BCUT2D eigenvalue weighted by Crippen LogP contribution is 2.18. The highest BCUT2D eigenvalue weighted by atomic mass is 16.5. The van der Waals surface area contributed by atoms with E-state index >= 15 is 0 Å². The number of ether oxygens (including phenoxy) is 2. The topological polar surface area (TPSA) is 59.1 Å². The number of esters is 1. The van der Waals surface area contributed by atoms with E-state index in [4.69, 9.17) is 9.47 Å². The van der Waals surface area contributed by atoms with Gasteiger partial charge in [-0.25, -0.2) is 0 Å². The fraction of sp³-hybridized carbons (Fsp3) is 0.556. The standard InChI is InChI=1S/C18H26N2O4/c1-19(12-14-4-6-16(23-2)7-5-14)17(21)13-20-10-8-15(9-11-20)18(22)24-3/h4-7,15H,8-13H2,1-3H3. The second kappa shape index (κ2) is 8.68. The van der Waals surface area contributed by atoms with Crippen molar-refractivity contribution in [3.63, 3.8) is 0 Å². The molecule has 1 saturated heterocycles. The van der Waals surface area contributed by atoms with E-state index in [0.717, 1.165) is 37.2 Å². The third kappa shape index (κ3) is 4.96. The summed E-state index contributed by atoms with van der Waals surface area (Å²) in [5.41, 5.74) is 1.07. The summed E-state index contributed by atoms with van der Waals surface area (Å²) in [7, 11) is 4.87. The van der Waals surface area contributed by atoms with Crippen LogP contribution in [0.5, 0.6) is 5.75 Å². The highest BCUT2D eigenvalue weighted by Gasteiger charge is 2.26. The lowest BCUT2D eigenvalue weighted by atomic mass is 9.97. The number of likely N-dealkylation sites (N-methyl/N-ethyl adjacent to an activating group) is 1. The highest BCUT2D eigenvalue weighted by molar-refractivity contribution is 5.78. The number of carbonyl (C=O) groups excluding carboxylic acids is 2. The van der Waals surface area contributed by atoms with Gasteiger partial charge in [0.1, 0.15) is 5.75 Å². The fourth-order valence-electron chi connectivity index (χ4n) is 2.90. The van der Waals surface area contributed by atoms with E-state index in [1.54, 1.807) is 12.0 Å². The van der Waals surface area contributed by atoms with Gasteiger partial charge >= 0.3 is 5.97 Å². The quantitative estimate of drug-likeness (QED) is 0.739. The summed E-state index contributed by atoms with van der Waals surface area (Å²) in [5.74, 6) is 0.722. The molecule has 1 amide bonds. The van der Waals surface area contributed by atoms with E-state index in [1.165, 1.54) is 7.11 Å². The third-order valence-electron chi connectivity index (χ3n) is 4.49. The van der Waals surface area contributed by atoms with Crippen molar-refractivity contribution in [1.82, 2.24) is 9.80 Å². The van der Waals surface area contributed by atoms with Crippen LogP contribution in [0.3, 0.4) is 0 Å². The molecule has 6 nitrogen and oxygen atoms in total. The number of nitrogens with zero attached hydrogens (tertiary/aromatic N) is 2. The van der Waals surface area contributed by atoms with Crippen molar-refractivity contribution in [2.24, 2.45) is 5.92 Å². The largest absolute Gasteiger partial charge is 0.497 e. The van der Waals surface area contributed by atoms with Crippen LogP contribution in [-0.2, 0) is 20.9 Å². The van der Waals surface area contributed by atoms with Crippen molar-refractivity contribution in [3.05, 3.63) is 29.8 Å². The minimum absolute atomic E-state index is 0.0293. The summed E-state index contributed by atoms with van der Waals surface area (Å²) in [6, 6.07) is 7.71. The van der Waals surface area contributed by atoms with E-state index in [0.29, 0.717) is 13.1 Å². The van der Waals surface area contributed by atoms with E-state index in [9.17, 15) is 9.59 Å². The van der Waals surface area contributed by atoms with Crippen LogP contribution in [0.15, 0.2) is 24.3 Å². The zero-order chi connectivity index (χ0) is 17.5. The van der Waals surface area contributed by atoms with E-state index in [2.05, 4.69) is 4.90 Å². The summed E-state index contributed by atoms with van der Waals surface area (Å²) in [6.45, 7) is 2.46.